The van der Waals surface area contributed by atoms with Crippen LogP contribution in [0.4, 0.5) is 0 Å². The second-order valence-corrected chi connectivity index (χ2v) is 6.63. The van der Waals surface area contributed by atoms with Crippen LogP contribution in [0.2, 0.25) is 0 Å². The number of amides is 1. The van der Waals surface area contributed by atoms with Gasteiger partial charge in [0.05, 0.1) is 4.88 Å². The van der Waals surface area contributed by atoms with E-state index in [2.05, 4.69) is 13.8 Å². The molecule has 2 unspecified atom stereocenters. The minimum Gasteiger partial charge on any atom is -0.333 e. The first-order valence-electron chi connectivity index (χ1n) is 7.20. The predicted molar refractivity (Wildman–Crippen MR) is 88.0 cm³/mol. The molecule has 5 heteroatoms. The highest BCUT2D eigenvalue weighted by atomic mass is 35.5. The van der Waals surface area contributed by atoms with Gasteiger partial charge in [-0.25, -0.2) is 0 Å². The van der Waals surface area contributed by atoms with E-state index in [0.717, 1.165) is 30.7 Å². The van der Waals surface area contributed by atoms with Crippen molar-refractivity contribution in [2.45, 2.75) is 58.5 Å². The highest BCUT2D eigenvalue weighted by Crippen LogP contribution is 2.27. The lowest BCUT2D eigenvalue weighted by atomic mass is 9.96. The number of piperidine rings is 1. The second kappa shape index (κ2) is 7.43. The molecule has 0 aromatic carbocycles. The van der Waals surface area contributed by atoms with Gasteiger partial charge in [-0.15, -0.1) is 23.7 Å². The Hall–Kier alpha value is -0.580. The van der Waals surface area contributed by atoms with Crippen molar-refractivity contribution in [2.75, 3.05) is 6.54 Å². The molecule has 3 nitrogen and oxygen atoms in total. The summed E-state index contributed by atoms with van der Waals surface area (Å²) in [7, 11) is 0. The first kappa shape index (κ1) is 17.5. The summed E-state index contributed by atoms with van der Waals surface area (Å²) >= 11 is 1.64. The van der Waals surface area contributed by atoms with Gasteiger partial charge in [0.2, 0.25) is 0 Å². The molecule has 0 aliphatic carbocycles. The van der Waals surface area contributed by atoms with Crippen molar-refractivity contribution in [1.29, 1.82) is 0 Å². The highest BCUT2D eigenvalue weighted by molar-refractivity contribution is 7.14. The third-order valence-electron chi connectivity index (χ3n) is 3.97. The van der Waals surface area contributed by atoms with Crippen molar-refractivity contribution in [1.82, 2.24) is 4.90 Å². The number of rotatable bonds is 3. The summed E-state index contributed by atoms with van der Waals surface area (Å²) in [5.41, 5.74) is 7.29. The zero-order valence-electron chi connectivity index (χ0n) is 12.5. The van der Waals surface area contributed by atoms with Crippen LogP contribution < -0.4 is 5.73 Å². The fourth-order valence-corrected chi connectivity index (χ4v) is 3.94. The summed E-state index contributed by atoms with van der Waals surface area (Å²) in [4.78, 5) is 16.9. The molecular weight excluding hydrogens is 292 g/mol. The molecule has 1 aliphatic heterocycles. The number of carbonyl (C=O) groups excluding carboxylic acids is 1. The number of aryl methyl sites for hydroxylation is 2. The molecule has 1 aliphatic rings. The van der Waals surface area contributed by atoms with E-state index in [-0.39, 0.29) is 30.4 Å². The molecule has 0 bridgehead atoms. The topological polar surface area (TPSA) is 46.3 Å². The van der Waals surface area contributed by atoms with E-state index < -0.39 is 0 Å². The van der Waals surface area contributed by atoms with E-state index >= 15 is 0 Å². The highest BCUT2D eigenvalue weighted by Gasteiger charge is 2.30. The largest absolute Gasteiger partial charge is 0.333 e. The number of nitrogens with zero attached hydrogens (tertiary/aromatic N) is 1. The molecule has 2 N–H and O–H groups in total. The monoisotopic (exact) mass is 316 g/mol. The van der Waals surface area contributed by atoms with Crippen molar-refractivity contribution in [2.24, 2.45) is 5.73 Å². The van der Waals surface area contributed by atoms with Crippen LogP contribution in [0.1, 0.15) is 53.2 Å². The van der Waals surface area contributed by atoms with Crippen LogP contribution in [-0.2, 0) is 6.42 Å². The van der Waals surface area contributed by atoms with Crippen LogP contribution >= 0.6 is 23.7 Å². The molecule has 114 valence electrons. The summed E-state index contributed by atoms with van der Waals surface area (Å²) in [6, 6.07) is 2.29. The van der Waals surface area contributed by atoms with Gasteiger partial charge in [-0.2, -0.15) is 0 Å². The molecule has 20 heavy (non-hydrogen) atoms. The quantitative estimate of drug-likeness (QED) is 0.929. The third kappa shape index (κ3) is 3.54. The van der Waals surface area contributed by atoms with E-state index in [4.69, 9.17) is 5.73 Å². The van der Waals surface area contributed by atoms with Gasteiger partial charge in [0.1, 0.15) is 0 Å². The summed E-state index contributed by atoms with van der Waals surface area (Å²) in [5, 5.41) is 0. The van der Waals surface area contributed by atoms with Gasteiger partial charge >= 0.3 is 0 Å². The normalized spacial score (nSPS) is 20.4. The van der Waals surface area contributed by atoms with E-state index in [1.807, 2.05) is 17.9 Å². The summed E-state index contributed by atoms with van der Waals surface area (Å²) < 4.78 is 0. The molecule has 1 fully saturated rings. The van der Waals surface area contributed by atoms with Gasteiger partial charge in [0, 0.05) is 23.5 Å². The van der Waals surface area contributed by atoms with Crippen molar-refractivity contribution < 1.29 is 4.79 Å². The van der Waals surface area contributed by atoms with E-state index in [1.54, 1.807) is 11.3 Å². The maximum atomic E-state index is 12.7. The van der Waals surface area contributed by atoms with Gasteiger partial charge in [0.25, 0.3) is 5.91 Å². The number of likely N-dealkylation sites (tertiary alicyclic amines) is 1. The molecular formula is C15H25ClN2OS. The van der Waals surface area contributed by atoms with Crippen molar-refractivity contribution in [3.05, 3.63) is 21.4 Å². The second-order valence-electron chi connectivity index (χ2n) is 5.49. The average Bonchev–Trinajstić information content (AvgIpc) is 2.79. The molecule has 0 spiro atoms. The van der Waals surface area contributed by atoms with E-state index in [0.29, 0.717) is 0 Å². The van der Waals surface area contributed by atoms with Crippen molar-refractivity contribution in [3.8, 4) is 0 Å². The Morgan fingerprint density at radius 2 is 2.25 bits per heavy atom. The number of hydrogen-bond donors (Lipinski definition) is 1. The minimum absolute atomic E-state index is 0. The Balaban J connectivity index is 0.00000200. The van der Waals surface area contributed by atoms with Crippen LogP contribution in [0, 0.1) is 6.92 Å². The van der Waals surface area contributed by atoms with Gasteiger partial charge < -0.3 is 10.6 Å². The number of thiophene rings is 1. The molecule has 2 rings (SSSR count). The van der Waals surface area contributed by atoms with Crippen LogP contribution in [0.5, 0.6) is 0 Å². The van der Waals surface area contributed by atoms with E-state index in [9.17, 15) is 4.79 Å². The summed E-state index contributed by atoms with van der Waals surface area (Å²) in [6.07, 6.45) is 4.31. The van der Waals surface area contributed by atoms with E-state index in [1.165, 1.54) is 16.9 Å². The Labute approximate surface area is 131 Å². The Bertz CT molecular complexity index is 459. The third-order valence-corrected chi connectivity index (χ3v) is 5.34. The molecule has 2 atom stereocenters. The molecule has 1 aromatic heterocycles. The lowest BCUT2D eigenvalue weighted by Crippen LogP contribution is -2.51. The van der Waals surface area contributed by atoms with Gasteiger partial charge in [-0.1, -0.05) is 6.92 Å². The predicted octanol–water partition coefficient (Wildman–Crippen LogP) is 3.38. The standard InChI is InChI=1S/C15H24N2OS.ClH/c1-4-13-10(2)9-14(19-13)15(18)17-8-6-5-7-12(17)11(3)16;/h9,11-12H,4-8,16H2,1-3H3;1H. The fraction of sp³-hybridized carbons (Fsp3) is 0.667. The maximum Gasteiger partial charge on any atom is 0.264 e. The number of carbonyl (C=O) groups is 1. The smallest absolute Gasteiger partial charge is 0.264 e. The first-order chi connectivity index (χ1) is 9.04. The Kier molecular flexibility index (Phi) is 6.49. The minimum atomic E-state index is 0. The van der Waals surface area contributed by atoms with Crippen LogP contribution in [-0.4, -0.2) is 29.4 Å². The fourth-order valence-electron chi connectivity index (χ4n) is 2.87. The first-order valence-corrected chi connectivity index (χ1v) is 8.02. The zero-order valence-corrected chi connectivity index (χ0v) is 14.1. The van der Waals surface area contributed by atoms with Gasteiger partial charge in [-0.3, -0.25) is 4.79 Å². The number of halogens is 1. The molecule has 0 radical (unpaired) electrons. The number of hydrogen-bond acceptors (Lipinski definition) is 3. The van der Waals surface area contributed by atoms with Gasteiger partial charge in [0.15, 0.2) is 0 Å². The maximum absolute atomic E-state index is 12.7. The zero-order chi connectivity index (χ0) is 14.0. The molecule has 1 aromatic rings. The number of nitrogens with two attached hydrogens (primary N) is 1. The Morgan fingerprint density at radius 1 is 1.55 bits per heavy atom. The van der Waals surface area contributed by atoms with Crippen molar-refractivity contribution >= 4 is 29.7 Å². The molecule has 2 heterocycles. The summed E-state index contributed by atoms with van der Waals surface area (Å²) in [5.74, 6) is 0.176. The SMILES string of the molecule is CCc1sc(C(=O)N2CCCCC2C(C)N)cc1C.Cl. The van der Waals surface area contributed by atoms with Crippen LogP contribution in [0.25, 0.3) is 0 Å². The lowest BCUT2D eigenvalue weighted by molar-refractivity contribution is 0.0589. The average molecular weight is 317 g/mol. The lowest BCUT2D eigenvalue weighted by Gasteiger charge is -2.37. The molecule has 1 saturated heterocycles. The Morgan fingerprint density at radius 3 is 2.80 bits per heavy atom. The van der Waals surface area contributed by atoms with Crippen LogP contribution in [0.3, 0.4) is 0 Å². The van der Waals surface area contributed by atoms with Crippen LogP contribution in [0.15, 0.2) is 6.07 Å². The summed E-state index contributed by atoms with van der Waals surface area (Å²) in [6.45, 7) is 7.08. The van der Waals surface area contributed by atoms with Gasteiger partial charge in [-0.05, 0) is 51.2 Å². The molecule has 0 saturated carbocycles. The van der Waals surface area contributed by atoms with Crippen molar-refractivity contribution in [3.63, 3.8) is 0 Å². The molecule has 1 amide bonds.